The summed E-state index contributed by atoms with van der Waals surface area (Å²) in [6.45, 7) is 4.57. The Morgan fingerprint density at radius 3 is 2.76 bits per heavy atom. The van der Waals surface area contributed by atoms with E-state index >= 15 is 0 Å². The zero-order valence-electron chi connectivity index (χ0n) is 10.2. The molecule has 1 atom stereocenters. The molecule has 92 valence electrons. The van der Waals surface area contributed by atoms with Gasteiger partial charge in [-0.05, 0) is 19.9 Å². The van der Waals surface area contributed by atoms with E-state index in [-0.39, 0.29) is 5.82 Å². The van der Waals surface area contributed by atoms with Crippen molar-refractivity contribution in [2.24, 2.45) is 0 Å². The highest BCUT2D eigenvalue weighted by atomic mass is 19.1. The molecule has 17 heavy (non-hydrogen) atoms. The van der Waals surface area contributed by atoms with Crippen molar-refractivity contribution in [3.05, 3.63) is 29.6 Å². The van der Waals surface area contributed by atoms with Gasteiger partial charge in [0, 0.05) is 18.7 Å². The summed E-state index contributed by atoms with van der Waals surface area (Å²) < 4.78 is 13.8. The van der Waals surface area contributed by atoms with Gasteiger partial charge in [-0.3, -0.25) is 0 Å². The number of aliphatic hydroxyl groups is 1. The summed E-state index contributed by atoms with van der Waals surface area (Å²) in [5.74, 6) is -0.358. The van der Waals surface area contributed by atoms with Crippen molar-refractivity contribution in [1.29, 1.82) is 5.26 Å². The predicted molar refractivity (Wildman–Crippen MR) is 65.2 cm³/mol. The topological polar surface area (TPSA) is 47.3 Å². The fourth-order valence-corrected chi connectivity index (χ4v) is 1.82. The molecule has 0 saturated heterocycles. The van der Waals surface area contributed by atoms with E-state index in [9.17, 15) is 9.50 Å². The van der Waals surface area contributed by atoms with Crippen molar-refractivity contribution in [3.8, 4) is 6.07 Å². The van der Waals surface area contributed by atoms with Gasteiger partial charge in [-0.2, -0.15) is 5.26 Å². The van der Waals surface area contributed by atoms with Crippen molar-refractivity contribution in [1.82, 2.24) is 0 Å². The zero-order chi connectivity index (χ0) is 12.8. The third kappa shape index (κ3) is 3.18. The number of rotatable bonds is 5. The highest BCUT2D eigenvalue weighted by molar-refractivity contribution is 5.55. The Morgan fingerprint density at radius 1 is 1.53 bits per heavy atom. The fraction of sp³-hybridized carbons (Fsp3) is 0.462. The molecule has 0 unspecified atom stereocenters. The zero-order valence-corrected chi connectivity index (χ0v) is 10.2. The van der Waals surface area contributed by atoms with Gasteiger partial charge < -0.3 is 10.0 Å². The number of hydrogen-bond donors (Lipinski definition) is 1. The molecular formula is C13H17FN2O. The molecule has 0 aliphatic carbocycles. The average molecular weight is 236 g/mol. The van der Waals surface area contributed by atoms with Crippen LogP contribution in [-0.2, 0) is 0 Å². The number of benzene rings is 1. The van der Waals surface area contributed by atoms with Gasteiger partial charge in [-0.15, -0.1) is 0 Å². The van der Waals surface area contributed by atoms with E-state index in [4.69, 9.17) is 5.26 Å². The predicted octanol–water partition coefficient (Wildman–Crippen LogP) is 2.62. The standard InChI is InChI=1S/C13H17FN2O/c1-3-16(9-5-8-15)13-11(10(2)17)6-4-7-12(13)14/h4,6-7,10,17H,3,5,9H2,1-2H3/t10-/m0/s1. The maximum Gasteiger partial charge on any atom is 0.146 e. The van der Waals surface area contributed by atoms with Crippen LogP contribution in [0.1, 0.15) is 31.9 Å². The van der Waals surface area contributed by atoms with Crippen LogP contribution in [0.3, 0.4) is 0 Å². The SMILES string of the molecule is CCN(CCC#N)c1c(F)cccc1[C@H](C)O. The van der Waals surface area contributed by atoms with Crippen LogP contribution in [0.4, 0.5) is 10.1 Å². The minimum Gasteiger partial charge on any atom is -0.389 e. The lowest BCUT2D eigenvalue weighted by Crippen LogP contribution is -2.26. The highest BCUT2D eigenvalue weighted by Crippen LogP contribution is 2.29. The highest BCUT2D eigenvalue weighted by Gasteiger charge is 2.17. The molecule has 0 heterocycles. The second-order valence-corrected chi connectivity index (χ2v) is 3.84. The molecule has 3 nitrogen and oxygen atoms in total. The molecule has 1 rings (SSSR count). The maximum absolute atomic E-state index is 13.8. The number of nitrogens with zero attached hydrogens (tertiary/aromatic N) is 2. The van der Waals surface area contributed by atoms with Crippen molar-refractivity contribution in [2.75, 3.05) is 18.0 Å². The van der Waals surface area contributed by atoms with Crippen molar-refractivity contribution in [3.63, 3.8) is 0 Å². The molecule has 0 radical (unpaired) electrons. The lowest BCUT2D eigenvalue weighted by molar-refractivity contribution is 0.199. The quantitative estimate of drug-likeness (QED) is 0.854. The first-order chi connectivity index (χ1) is 8.11. The minimum atomic E-state index is -0.725. The number of aliphatic hydroxyl groups excluding tert-OH is 1. The number of nitriles is 1. The summed E-state index contributed by atoms with van der Waals surface area (Å²) in [7, 11) is 0. The molecule has 0 fully saturated rings. The van der Waals surface area contributed by atoms with Crippen LogP contribution in [-0.4, -0.2) is 18.2 Å². The molecule has 0 bridgehead atoms. The summed E-state index contributed by atoms with van der Waals surface area (Å²) in [5, 5.41) is 18.2. The van der Waals surface area contributed by atoms with Gasteiger partial charge >= 0.3 is 0 Å². The molecule has 0 amide bonds. The van der Waals surface area contributed by atoms with Gasteiger partial charge in [0.05, 0.1) is 24.3 Å². The normalized spacial score (nSPS) is 11.9. The van der Waals surface area contributed by atoms with Crippen LogP contribution in [0.2, 0.25) is 0 Å². The molecular weight excluding hydrogens is 219 g/mol. The van der Waals surface area contributed by atoms with Crippen molar-refractivity contribution in [2.45, 2.75) is 26.4 Å². The molecule has 1 aromatic rings. The van der Waals surface area contributed by atoms with Crippen LogP contribution < -0.4 is 4.90 Å². The lowest BCUT2D eigenvalue weighted by Gasteiger charge is -2.26. The van der Waals surface area contributed by atoms with Gasteiger partial charge in [0.15, 0.2) is 0 Å². The molecule has 1 aromatic carbocycles. The third-order valence-electron chi connectivity index (χ3n) is 2.66. The van der Waals surface area contributed by atoms with E-state index in [1.807, 2.05) is 13.0 Å². The molecule has 0 aromatic heterocycles. The van der Waals surface area contributed by atoms with Crippen LogP contribution in [0.15, 0.2) is 18.2 Å². The summed E-state index contributed by atoms with van der Waals surface area (Å²) in [6.07, 6.45) is -0.390. The van der Waals surface area contributed by atoms with Gasteiger partial charge in [0.1, 0.15) is 5.82 Å². The van der Waals surface area contributed by atoms with E-state index in [0.29, 0.717) is 30.8 Å². The van der Waals surface area contributed by atoms with Crippen molar-refractivity contribution < 1.29 is 9.50 Å². The fourth-order valence-electron chi connectivity index (χ4n) is 1.82. The lowest BCUT2D eigenvalue weighted by atomic mass is 10.1. The molecule has 4 heteroatoms. The first kappa shape index (κ1) is 13.5. The number of halogens is 1. The average Bonchev–Trinajstić information content (AvgIpc) is 2.31. The summed E-state index contributed by atoms with van der Waals surface area (Å²) in [5.41, 5.74) is 0.963. The monoisotopic (exact) mass is 236 g/mol. The van der Waals surface area contributed by atoms with E-state index in [1.54, 1.807) is 24.0 Å². The van der Waals surface area contributed by atoms with E-state index < -0.39 is 6.10 Å². The van der Waals surface area contributed by atoms with E-state index in [2.05, 4.69) is 0 Å². The largest absolute Gasteiger partial charge is 0.389 e. The van der Waals surface area contributed by atoms with E-state index in [1.165, 1.54) is 6.07 Å². The Balaban J connectivity index is 3.12. The summed E-state index contributed by atoms with van der Waals surface area (Å²) in [4.78, 5) is 1.78. The third-order valence-corrected chi connectivity index (χ3v) is 2.66. The van der Waals surface area contributed by atoms with Crippen LogP contribution in [0, 0.1) is 17.1 Å². The van der Waals surface area contributed by atoms with E-state index in [0.717, 1.165) is 0 Å². The molecule has 0 saturated carbocycles. The number of para-hydroxylation sites is 1. The minimum absolute atomic E-state index is 0.335. The molecule has 0 aliphatic heterocycles. The van der Waals surface area contributed by atoms with Crippen LogP contribution in [0.25, 0.3) is 0 Å². The summed E-state index contributed by atoms with van der Waals surface area (Å²) >= 11 is 0. The Morgan fingerprint density at radius 2 is 2.24 bits per heavy atom. The Kier molecular flexibility index (Phi) is 4.92. The maximum atomic E-state index is 13.8. The second kappa shape index (κ2) is 6.21. The van der Waals surface area contributed by atoms with Gasteiger partial charge in [-0.1, -0.05) is 12.1 Å². The second-order valence-electron chi connectivity index (χ2n) is 3.84. The number of hydrogen-bond acceptors (Lipinski definition) is 3. The Labute approximate surface area is 101 Å². The smallest absolute Gasteiger partial charge is 0.146 e. The van der Waals surface area contributed by atoms with Gasteiger partial charge in [0.25, 0.3) is 0 Å². The van der Waals surface area contributed by atoms with Crippen molar-refractivity contribution >= 4 is 5.69 Å². The summed E-state index contributed by atoms with van der Waals surface area (Å²) in [6, 6.07) is 6.70. The van der Waals surface area contributed by atoms with Crippen LogP contribution >= 0.6 is 0 Å². The first-order valence-corrected chi connectivity index (χ1v) is 5.70. The molecule has 0 aliphatic rings. The molecule has 0 spiro atoms. The van der Waals surface area contributed by atoms with Gasteiger partial charge in [0.2, 0.25) is 0 Å². The Hall–Kier alpha value is -1.60. The molecule has 1 N–H and O–H groups in total. The van der Waals surface area contributed by atoms with Crippen LogP contribution in [0.5, 0.6) is 0 Å². The van der Waals surface area contributed by atoms with Gasteiger partial charge in [-0.25, -0.2) is 4.39 Å². The first-order valence-electron chi connectivity index (χ1n) is 5.70. The number of anilines is 1. The Bertz CT molecular complexity index is 412.